The SMILES string of the molecule is COc1cc(C(C)=O)ccc1OCC(=O)OCC(=O)Nc1ccc(Cl)cc1. The van der Waals surface area contributed by atoms with Gasteiger partial charge in [-0.15, -0.1) is 0 Å². The molecule has 0 spiro atoms. The van der Waals surface area contributed by atoms with Gasteiger partial charge in [0.25, 0.3) is 5.91 Å². The number of carbonyl (C=O) groups excluding carboxylic acids is 3. The summed E-state index contributed by atoms with van der Waals surface area (Å²) in [6.07, 6.45) is 0. The van der Waals surface area contributed by atoms with Gasteiger partial charge in [0, 0.05) is 16.3 Å². The van der Waals surface area contributed by atoms with E-state index in [9.17, 15) is 14.4 Å². The van der Waals surface area contributed by atoms with E-state index < -0.39 is 25.1 Å². The van der Waals surface area contributed by atoms with Crippen LogP contribution < -0.4 is 14.8 Å². The highest BCUT2D eigenvalue weighted by Gasteiger charge is 2.12. The number of carbonyl (C=O) groups is 3. The van der Waals surface area contributed by atoms with Gasteiger partial charge < -0.3 is 19.5 Å². The molecular formula is C19H18ClNO6. The molecule has 0 radical (unpaired) electrons. The summed E-state index contributed by atoms with van der Waals surface area (Å²) < 4.78 is 15.3. The van der Waals surface area contributed by atoms with E-state index in [2.05, 4.69) is 5.32 Å². The molecule has 8 heteroatoms. The minimum absolute atomic E-state index is 0.119. The van der Waals surface area contributed by atoms with Crippen molar-refractivity contribution in [1.29, 1.82) is 0 Å². The number of rotatable bonds is 8. The fourth-order valence-corrected chi connectivity index (χ4v) is 2.19. The molecule has 0 fully saturated rings. The molecule has 2 rings (SSSR count). The molecule has 0 aliphatic carbocycles. The Morgan fingerprint density at radius 3 is 2.33 bits per heavy atom. The molecule has 1 amide bonds. The fourth-order valence-electron chi connectivity index (χ4n) is 2.06. The summed E-state index contributed by atoms with van der Waals surface area (Å²) in [6, 6.07) is 11.1. The van der Waals surface area contributed by atoms with Crippen LogP contribution in [0.5, 0.6) is 11.5 Å². The van der Waals surface area contributed by atoms with Crippen molar-refractivity contribution in [2.45, 2.75) is 6.92 Å². The van der Waals surface area contributed by atoms with Crippen LogP contribution in [0.3, 0.4) is 0 Å². The number of esters is 1. The largest absolute Gasteiger partial charge is 0.493 e. The predicted octanol–water partition coefficient (Wildman–Crippen LogP) is 3.11. The third-order valence-corrected chi connectivity index (χ3v) is 3.66. The molecule has 0 saturated carbocycles. The van der Waals surface area contributed by atoms with Crippen LogP contribution in [-0.4, -0.2) is 38.0 Å². The molecule has 27 heavy (non-hydrogen) atoms. The lowest BCUT2D eigenvalue weighted by Gasteiger charge is -2.11. The monoisotopic (exact) mass is 391 g/mol. The third-order valence-electron chi connectivity index (χ3n) is 3.41. The molecule has 2 aromatic carbocycles. The average molecular weight is 392 g/mol. The van der Waals surface area contributed by atoms with E-state index in [0.717, 1.165) is 0 Å². The molecule has 1 N–H and O–H groups in total. The van der Waals surface area contributed by atoms with Gasteiger partial charge in [0.1, 0.15) is 0 Å². The van der Waals surface area contributed by atoms with Crippen molar-refractivity contribution >= 4 is 34.9 Å². The molecular weight excluding hydrogens is 374 g/mol. The fraction of sp³-hybridized carbons (Fsp3) is 0.211. The van der Waals surface area contributed by atoms with Crippen LogP contribution >= 0.6 is 11.6 Å². The van der Waals surface area contributed by atoms with Gasteiger partial charge in [-0.05, 0) is 49.4 Å². The molecule has 0 atom stereocenters. The number of amides is 1. The molecule has 0 bridgehead atoms. The first-order valence-electron chi connectivity index (χ1n) is 7.92. The molecule has 0 aliphatic rings. The molecule has 0 aliphatic heterocycles. The van der Waals surface area contributed by atoms with Gasteiger partial charge >= 0.3 is 5.97 Å². The zero-order valence-electron chi connectivity index (χ0n) is 14.8. The smallest absolute Gasteiger partial charge is 0.344 e. The number of Topliss-reactive ketones (excluding diaryl/α,β-unsaturated/α-hetero) is 1. The summed E-state index contributed by atoms with van der Waals surface area (Å²) in [5, 5.41) is 3.11. The number of ketones is 1. The highest BCUT2D eigenvalue weighted by Crippen LogP contribution is 2.28. The Bertz CT molecular complexity index is 835. The van der Waals surface area contributed by atoms with Gasteiger partial charge in [0.05, 0.1) is 7.11 Å². The lowest BCUT2D eigenvalue weighted by molar-refractivity contribution is -0.149. The molecule has 0 aromatic heterocycles. The maximum absolute atomic E-state index is 11.8. The van der Waals surface area contributed by atoms with Gasteiger partial charge in [0.2, 0.25) is 0 Å². The first-order chi connectivity index (χ1) is 12.9. The Morgan fingerprint density at radius 2 is 1.70 bits per heavy atom. The number of benzene rings is 2. The Morgan fingerprint density at radius 1 is 1.00 bits per heavy atom. The Kier molecular flexibility index (Phi) is 7.19. The molecule has 0 unspecified atom stereocenters. The summed E-state index contributed by atoms with van der Waals surface area (Å²) in [5.74, 6) is -0.736. The lowest BCUT2D eigenvalue weighted by atomic mass is 10.1. The van der Waals surface area contributed by atoms with Gasteiger partial charge in [-0.25, -0.2) is 4.79 Å². The Balaban J connectivity index is 1.81. The molecule has 2 aromatic rings. The van der Waals surface area contributed by atoms with Crippen molar-refractivity contribution < 1.29 is 28.6 Å². The third kappa shape index (κ3) is 6.31. The second-order valence-corrected chi connectivity index (χ2v) is 5.86. The second-order valence-electron chi connectivity index (χ2n) is 5.43. The summed E-state index contributed by atoms with van der Waals surface area (Å²) in [6.45, 7) is 0.566. The van der Waals surface area contributed by atoms with E-state index in [0.29, 0.717) is 22.0 Å². The van der Waals surface area contributed by atoms with Crippen molar-refractivity contribution in [3.05, 3.63) is 53.1 Å². The zero-order valence-corrected chi connectivity index (χ0v) is 15.5. The summed E-state index contributed by atoms with van der Waals surface area (Å²) in [5.41, 5.74) is 0.993. The quantitative estimate of drug-likeness (QED) is 0.549. The first kappa shape index (κ1) is 20.3. The van der Waals surface area contributed by atoms with Crippen molar-refractivity contribution in [2.75, 3.05) is 25.6 Å². The number of halogens is 1. The number of hydrogen-bond donors (Lipinski definition) is 1. The van der Waals surface area contributed by atoms with Gasteiger partial charge in [0.15, 0.2) is 30.5 Å². The molecule has 0 heterocycles. The Hall–Kier alpha value is -3.06. The van der Waals surface area contributed by atoms with E-state index >= 15 is 0 Å². The standard InChI is InChI=1S/C19H18ClNO6/c1-12(22)13-3-8-16(17(9-13)25-2)26-11-19(24)27-10-18(23)21-15-6-4-14(20)5-7-15/h3-9H,10-11H2,1-2H3,(H,21,23). The van der Waals surface area contributed by atoms with Crippen molar-refractivity contribution in [2.24, 2.45) is 0 Å². The van der Waals surface area contributed by atoms with E-state index in [-0.39, 0.29) is 11.5 Å². The van der Waals surface area contributed by atoms with Crippen LogP contribution in [0.4, 0.5) is 5.69 Å². The minimum atomic E-state index is -0.723. The van der Waals surface area contributed by atoms with E-state index in [1.54, 1.807) is 30.3 Å². The highest BCUT2D eigenvalue weighted by molar-refractivity contribution is 6.30. The average Bonchev–Trinajstić information content (AvgIpc) is 2.66. The number of anilines is 1. The van der Waals surface area contributed by atoms with Crippen LogP contribution in [0.15, 0.2) is 42.5 Å². The maximum atomic E-state index is 11.8. The predicted molar refractivity (Wildman–Crippen MR) is 99.5 cm³/mol. The van der Waals surface area contributed by atoms with E-state index in [1.807, 2.05) is 0 Å². The highest BCUT2D eigenvalue weighted by atomic mass is 35.5. The number of methoxy groups -OCH3 is 1. The van der Waals surface area contributed by atoms with Gasteiger partial charge in [-0.1, -0.05) is 11.6 Å². The minimum Gasteiger partial charge on any atom is -0.493 e. The molecule has 142 valence electrons. The second kappa shape index (κ2) is 9.59. The van der Waals surface area contributed by atoms with Crippen molar-refractivity contribution in [3.63, 3.8) is 0 Å². The summed E-state index contributed by atoms with van der Waals surface area (Å²) in [7, 11) is 1.42. The summed E-state index contributed by atoms with van der Waals surface area (Å²) in [4.78, 5) is 34.9. The topological polar surface area (TPSA) is 90.9 Å². The van der Waals surface area contributed by atoms with Crippen LogP contribution in [-0.2, 0) is 14.3 Å². The van der Waals surface area contributed by atoms with Crippen molar-refractivity contribution in [3.8, 4) is 11.5 Å². The number of ether oxygens (including phenoxy) is 3. The van der Waals surface area contributed by atoms with Crippen LogP contribution in [0, 0.1) is 0 Å². The Labute approximate surface area is 161 Å². The van der Waals surface area contributed by atoms with Crippen LogP contribution in [0.1, 0.15) is 17.3 Å². The van der Waals surface area contributed by atoms with Crippen LogP contribution in [0.2, 0.25) is 5.02 Å². The van der Waals surface area contributed by atoms with E-state index in [4.69, 9.17) is 25.8 Å². The first-order valence-corrected chi connectivity index (χ1v) is 8.29. The van der Waals surface area contributed by atoms with E-state index in [1.165, 1.54) is 26.2 Å². The maximum Gasteiger partial charge on any atom is 0.344 e. The van der Waals surface area contributed by atoms with Crippen LogP contribution in [0.25, 0.3) is 0 Å². The number of hydrogen-bond acceptors (Lipinski definition) is 6. The molecule has 7 nitrogen and oxygen atoms in total. The van der Waals surface area contributed by atoms with Crippen molar-refractivity contribution in [1.82, 2.24) is 0 Å². The normalized spacial score (nSPS) is 10.0. The lowest BCUT2D eigenvalue weighted by Crippen LogP contribution is -2.23. The molecule has 0 saturated heterocycles. The van der Waals surface area contributed by atoms with Gasteiger partial charge in [-0.3, -0.25) is 9.59 Å². The zero-order chi connectivity index (χ0) is 19.8. The van der Waals surface area contributed by atoms with Gasteiger partial charge in [-0.2, -0.15) is 0 Å². The number of nitrogens with one attached hydrogen (secondary N) is 1. The summed E-state index contributed by atoms with van der Waals surface area (Å²) >= 11 is 5.76.